The molecular weight excluding hydrogens is 308 g/mol. The first kappa shape index (κ1) is 15.7. The van der Waals surface area contributed by atoms with E-state index in [1.807, 2.05) is 19.1 Å². The van der Waals surface area contributed by atoms with E-state index in [-0.39, 0.29) is 17.3 Å². The summed E-state index contributed by atoms with van der Waals surface area (Å²) in [7, 11) is -3.55. The van der Waals surface area contributed by atoms with Crippen molar-refractivity contribution in [1.29, 1.82) is 0 Å². The normalized spacial score (nSPS) is 11.3. The number of thiophene rings is 1. The average Bonchev–Trinajstić information content (AvgIpc) is 2.82. The lowest BCUT2D eigenvalue weighted by molar-refractivity contribution is -0.114. The molecule has 2 N–H and O–H groups in total. The molecule has 2 aromatic rings. The molecule has 0 aliphatic rings. The molecule has 1 heterocycles. The minimum absolute atomic E-state index is 0.171. The summed E-state index contributed by atoms with van der Waals surface area (Å²) >= 11 is 1.56. The Balaban J connectivity index is 2.06. The van der Waals surface area contributed by atoms with Gasteiger partial charge in [-0.15, -0.1) is 11.3 Å². The molecule has 0 spiro atoms. The molecule has 7 heteroatoms. The lowest BCUT2D eigenvalue weighted by atomic mass is 10.3. The summed E-state index contributed by atoms with van der Waals surface area (Å²) in [6.45, 7) is 3.65. The number of benzene rings is 1. The number of rotatable bonds is 5. The molecule has 1 aromatic heterocycles. The monoisotopic (exact) mass is 324 g/mol. The zero-order valence-electron chi connectivity index (χ0n) is 11.7. The van der Waals surface area contributed by atoms with E-state index in [9.17, 15) is 13.2 Å². The van der Waals surface area contributed by atoms with Crippen LogP contribution in [0.25, 0.3) is 0 Å². The molecule has 0 atom stereocenters. The van der Waals surface area contributed by atoms with E-state index >= 15 is 0 Å². The first-order valence-electron chi connectivity index (χ1n) is 6.29. The van der Waals surface area contributed by atoms with E-state index in [0.29, 0.717) is 5.69 Å². The third-order valence-electron chi connectivity index (χ3n) is 2.72. The van der Waals surface area contributed by atoms with Gasteiger partial charge in [-0.1, -0.05) is 0 Å². The van der Waals surface area contributed by atoms with Crippen molar-refractivity contribution in [2.45, 2.75) is 25.3 Å². The predicted molar refractivity (Wildman–Crippen MR) is 83.8 cm³/mol. The van der Waals surface area contributed by atoms with Crippen LogP contribution < -0.4 is 10.0 Å². The zero-order chi connectivity index (χ0) is 15.5. The van der Waals surface area contributed by atoms with Crippen molar-refractivity contribution in [1.82, 2.24) is 4.72 Å². The van der Waals surface area contributed by atoms with Crippen LogP contribution in [0, 0.1) is 6.92 Å². The van der Waals surface area contributed by atoms with Gasteiger partial charge in [-0.25, -0.2) is 13.1 Å². The summed E-state index contributed by atoms with van der Waals surface area (Å²) in [4.78, 5) is 13.2. The number of amides is 1. The number of anilines is 1. The average molecular weight is 324 g/mol. The van der Waals surface area contributed by atoms with Crippen LogP contribution in [-0.2, 0) is 21.4 Å². The van der Waals surface area contributed by atoms with Gasteiger partial charge >= 0.3 is 0 Å². The SMILES string of the molecule is CC(=O)Nc1ccc(S(=O)(=O)NCc2ccc(C)s2)cc1. The van der Waals surface area contributed by atoms with E-state index in [0.717, 1.165) is 9.75 Å². The van der Waals surface area contributed by atoms with Crippen molar-refractivity contribution >= 4 is 33.0 Å². The first-order valence-corrected chi connectivity index (χ1v) is 8.59. The summed E-state index contributed by atoms with van der Waals surface area (Å²) in [6.07, 6.45) is 0. The van der Waals surface area contributed by atoms with Crippen molar-refractivity contribution in [2.75, 3.05) is 5.32 Å². The minimum atomic E-state index is -3.55. The Bertz CT molecular complexity index is 734. The van der Waals surface area contributed by atoms with Crippen molar-refractivity contribution in [2.24, 2.45) is 0 Å². The van der Waals surface area contributed by atoms with Crippen molar-refractivity contribution in [3.05, 3.63) is 46.2 Å². The summed E-state index contributed by atoms with van der Waals surface area (Å²) in [6, 6.07) is 9.91. The van der Waals surface area contributed by atoms with Gasteiger partial charge in [0.1, 0.15) is 0 Å². The molecular formula is C14H16N2O3S2. The second-order valence-electron chi connectivity index (χ2n) is 4.54. The molecule has 1 aromatic carbocycles. The highest BCUT2D eigenvalue weighted by atomic mass is 32.2. The molecule has 0 aliphatic carbocycles. The largest absolute Gasteiger partial charge is 0.326 e. The summed E-state index contributed by atoms with van der Waals surface area (Å²) < 4.78 is 26.9. The van der Waals surface area contributed by atoms with E-state index in [1.54, 1.807) is 23.5 Å². The lowest BCUT2D eigenvalue weighted by Gasteiger charge is -2.07. The van der Waals surface area contributed by atoms with Gasteiger partial charge < -0.3 is 5.32 Å². The summed E-state index contributed by atoms with van der Waals surface area (Å²) in [5.41, 5.74) is 0.565. The van der Waals surface area contributed by atoms with Crippen molar-refractivity contribution < 1.29 is 13.2 Å². The fraction of sp³-hybridized carbons (Fsp3) is 0.214. The van der Waals surface area contributed by atoms with Gasteiger partial charge in [0.2, 0.25) is 15.9 Å². The Morgan fingerprint density at radius 1 is 1.14 bits per heavy atom. The van der Waals surface area contributed by atoms with Crippen LogP contribution in [0.5, 0.6) is 0 Å². The number of sulfonamides is 1. The third kappa shape index (κ3) is 4.38. The van der Waals surface area contributed by atoms with E-state index in [4.69, 9.17) is 0 Å². The fourth-order valence-corrected chi connectivity index (χ4v) is 3.68. The number of aryl methyl sites for hydroxylation is 1. The van der Waals surface area contributed by atoms with Crippen LogP contribution >= 0.6 is 11.3 Å². The number of hydrogen-bond acceptors (Lipinski definition) is 4. The maximum atomic E-state index is 12.2. The van der Waals surface area contributed by atoms with Crippen molar-refractivity contribution in [3.63, 3.8) is 0 Å². The molecule has 0 saturated carbocycles. The predicted octanol–water partition coefficient (Wildman–Crippen LogP) is 2.49. The molecule has 0 bridgehead atoms. The highest BCUT2D eigenvalue weighted by Gasteiger charge is 2.14. The quantitative estimate of drug-likeness (QED) is 0.887. The number of hydrogen-bond donors (Lipinski definition) is 2. The van der Waals surface area contributed by atoms with Crippen LogP contribution in [0.2, 0.25) is 0 Å². The second-order valence-corrected chi connectivity index (χ2v) is 7.68. The summed E-state index contributed by atoms with van der Waals surface area (Å²) in [5.74, 6) is -0.197. The smallest absolute Gasteiger partial charge is 0.240 e. The first-order chi connectivity index (χ1) is 9.87. The fourth-order valence-electron chi connectivity index (χ4n) is 1.75. The molecule has 21 heavy (non-hydrogen) atoms. The topological polar surface area (TPSA) is 75.3 Å². The van der Waals surface area contributed by atoms with Gasteiger partial charge in [0, 0.05) is 28.9 Å². The molecule has 1 amide bonds. The van der Waals surface area contributed by atoms with Gasteiger partial charge in [0.25, 0.3) is 0 Å². The second kappa shape index (κ2) is 6.38. The van der Waals surface area contributed by atoms with Crippen LogP contribution in [-0.4, -0.2) is 14.3 Å². The van der Waals surface area contributed by atoms with Crippen molar-refractivity contribution in [3.8, 4) is 0 Å². The van der Waals surface area contributed by atoms with Gasteiger partial charge in [0.05, 0.1) is 4.90 Å². The van der Waals surface area contributed by atoms with E-state index in [2.05, 4.69) is 10.0 Å². The van der Waals surface area contributed by atoms with Gasteiger partial charge in [-0.3, -0.25) is 4.79 Å². The third-order valence-corrected chi connectivity index (χ3v) is 5.14. The van der Waals surface area contributed by atoms with Gasteiger partial charge in [0.15, 0.2) is 0 Å². The maximum Gasteiger partial charge on any atom is 0.240 e. The van der Waals surface area contributed by atoms with E-state index in [1.165, 1.54) is 19.1 Å². The molecule has 0 unspecified atom stereocenters. The van der Waals surface area contributed by atoms with Gasteiger partial charge in [-0.2, -0.15) is 0 Å². The molecule has 0 aliphatic heterocycles. The number of carbonyl (C=O) groups is 1. The van der Waals surface area contributed by atoms with Crippen LogP contribution in [0.4, 0.5) is 5.69 Å². The molecule has 0 radical (unpaired) electrons. The van der Waals surface area contributed by atoms with Crippen LogP contribution in [0.15, 0.2) is 41.3 Å². The highest BCUT2D eigenvalue weighted by Crippen LogP contribution is 2.17. The standard InChI is InChI=1S/C14H16N2O3S2/c1-10-3-6-13(20-10)9-15-21(18,19)14-7-4-12(5-8-14)16-11(2)17/h3-8,15H,9H2,1-2H3,(H,16,17). The maximum absolute atomic E-state index is 12.2. The number of nitrogens with one attached hydrogen (secondary N) is 2. The Kier molecular flexibility index (Phi) is 4.76. The van der Waals surface area contributed by atoms with Crippen LogP contribution in [0.3, 0.4) is 0 Å². The molecule has 2 rings (SSSR count). The molecule has 5 nitrogen and oxygen atoms in total. The Labute approximate surface area is 128 Å². The molecule has 0 fully saturated rings. The zero-order valence-corrected chi connectivity index (χ0v) is 13.3. The minimum Gasteiger partial charge on any atom is -0.326 e. The Hall–Kier alpha value is -1.70. The van der Waals surface area contributed by atoms with Crippen LogP contribution in [0.1, 0.15) is 16.7 Å². The highest BCUT2D eigenvalue weighted by molar-refractivity contribution is 7.89. The van der Waals surface area contributed by atoms with Gasteiger partial charge in [-0.05, 0) is 43.3 Å². The Morgan fingerprint density at radius 2 is 1.81 bits per heavy atom. The number of carbonyl (C=O) groups excluding carboxylic acids is 1. The van der Waals surface area contributed by atoms with E-state index < -0.39 is 10.0 Å². The molecule has 0 saturated heterocycles. The Morgan fingerprint density at radius 3 is 2.33 bits per heavy atom. The lowest BCUT2D eigenvalue weighted by Crippen LogP contribution is -2.22. The summed E-state index contributed by atoms with van der Waals surface area (Å²) in [5, 5.41) is 2.59. The molecule has 112 valence electrons.